The molecular formula is C14H21N3O2. The molecule has 0 saturated carbocycles. The number of amides is 2. The van der Waals surface area contributed by atoms with Crippen LogP contribution in [0, 0.1) is 0 Å². The molecule has 0 atom stereocenters. The fraction of sp³-hybridized carbons (Fsp3) is 0.429. The Hall–Kier alpha value is -1.88. The zero-order chi connectivity index (χ0) is 14.1. The van der Waals surface area contributed by atoms with Gasteiger partial charge in [0.1, 0.15) is 0 Å². The summed E-state index contributed by atoms with van der Waals surface area (Å²) < 4.78 is 0. The summed E-state index contributed by atoms with van der Waals surface area (Å²) in [6, 6.07) is 7.46. The minimum Gasteiger partial charge on any atom is -0.351 e. The van der Waals surface area contributed by atoms with Crippen LogP contribution in [0.25, 0.3) is 0 Å². The highest BCUT2D eigenvalue weighted by Crippen LogP contribution is 2.10. The molecule has 0 aromatic heterocycles. The molecule has 0 heterocycles. The van der Waals surface area contributed by atoms with Crippen molar-refractivity contribution in [1.82, 2.24) is 10.6 Å². The van der Waals surface area contributed by atoms with E-state index in [2.05, 4.69) is 16.0 Å². The standard InChI is InChI=1S/C14H21N3O2/c1-3-4-13(18)17-12-7-5-11(6-8-12)9-16-14(19)10-15-2/h5-8,15H,3-4,9-10H2,1-2H3,(H,16,19)(H,17,18). The van der Waals surface area contributed by atoms with E-state index < -0.39 is 0 Å². The molecule has 0 saturated heterocycles. The van der Waals surface area contributed by atoms with Crippen LogP contribution in [0.3, 0.4) is 0 Å². The topological polar surface area (TPSA) is 70.2 Å². The first kappa shape index (κ1) is 15.2. The van der Waals surface area contributed by atoms with Crippen LogP contribution in [0.1, 0.15) is 25.3 Å². The normalized spacial score (nSPS) is 10.0. The van der Waals surface area contributed by atoms with Crippen molar-refractivity contribution < 1.29 is 9.59 Å². The number of benzene rings is 1. The van der Waals surface area contributed by atoms with Gasteiger partial charge in [0.25, 0.3) is 0 Å². The largest absolute Gasteiger partial charge is 0.351 e. The molecule has 5 heteroatoms. The van der Waals surface area contributed by atoms with Crippen molar-refractivity contribution in [3.05, 3.63) is 29.8 Å². The van der Waals surface area contributed by atoms with Gasteiger partial charge < -0.3 is 16.0 Å². The Morgan fingerprint density at radius 3 is 2.37 bits per heavy atom. The third kappa shape index (κ3) is 6.01. The summed E-state index contributed by atoms with van der Waals surface area (Å²) in [6.45, 7) is 2.77. The van der Waals surface area contributed by atoms with Gasteiger partial charge in [0.2, 0.25) is 11.8 Å². The van der Waals surface area contributed by atoms with Crippen LogP contribution in [0.5, 0.6) is 0 Å². The number of likely N-dealkylation sites (N-methyl/N-ethyl adjacent to an activating group) is 1. The van der Waals surface area contributed by atoms with Crippen LogP contribution in [-0.4, -0.2) is 25.4 Å². The summed E-state index contributed by atoms with van der Waals surface area (Å²) >= 11 is 0. The Bertz CT molecular complexity index is 415. The number of hydrogen-bond donors (Lipinski definition) is 3. The lowest BCUT2D eigenvalue weighted by Gasteiger charge is -2.07. The first-order valence-corrected chi connectivity index (χ1v) is 6.45. The van der Waals surface area contributed by atoms with Gasteiger partial charge in [0, 0.05) is 18.7 Å². The Morgan fingerprint density at radius 2 is 1.79 bits per heavy atom. The number of hydrogen-bond acceptors (Lipinski definition) is 3. The van der Waals surface area contributed by atoms with Gasteiger partial charge in [-0.1, -0.05) is 19.1 Å². The van der Waals surface area contributed by atoms with Gasteiger partial charge in [-0.25, -0.2) is 0 Å². The quantitative estimate of drug-likeness (QED) is 0.693. The molecule has 0 aliphatic heterocycles. The van der Waals surface area contributed by atoms with Gasteiger partial charge in [0.15, 0.2) is 0 Å². The second kappa shape index (κ2) is 8.26. The Balaban J connectivity index is 2.43. The van der Waals surface area contributed by atoms with Gasteiger partial charge in [-0.15, -0.1) is 0 Å². The summed E-state index contributed by atoms with van der Waals surface area (Å²) in [5.74, 6) is -0.0135. The highest BCUT2D eigenvalue weighted by molar-refractivity contribution is 5.90. The molecule has 19 heavy (non-hydrogen) atoms. The predicted octanol–water partition coefficient (Wildman–Crippen LogP) is 1.26. The maximum absolute atomic E-state index is 11.4. The molecule has 0 bridgehead atoms. The van der Waals surface area contributed by atoms with E-state index in [9.17, 15) is 9.59 Å². The van der Waals surface area contributed by atoms with Crippen molar-refractivity contribution in [1.29, 1.82) is 0 Å². The van der Waals surface area contributed by atoms with Gasteiger partial charge in [0.05, 0.1) is 6.54 Å². The molecular weight excluding hydrogens is 242 g/mol. The second-order valence-corrected chi connectivity index (χ2v) is 4.30. The van der Waals surface area contributed by atoms with Crippen LogP contribution in [0.2, 0.25) is 0 Å². The van der Waals surface area contributed by atoms with Gasteiger partial charge >= 0.3 is 0 Å². The number of nitrogens with one attached hydrogen (secondary N) is 3. The molecule has 0 unspecified atom stereocenters. The van der Waals surface area contributed by atoms with Crippen molar-refractivity contribution in [3.63, 3.8) is 0 Å². The molecule has 0 aliphatic carbocycles. The number of anilines is 1. The average Bonchev–Trinajstić information content (AvgIpc) is 2.38. The van der Waals surface area contributed by atoms with E-state index >= 15 is 0 Å². The maximum atomic E-state index is 11.4. The monoisotopic (exact) mass is 263 g/mol. The Kier molecular flexibility index (Phi) is 6.60. The van der Waals surface area contributed by atoms with Gasteiger partial charge in [-0.05, 0) is 31.2 Å². The van der Waals surface area contributed by atoms with Crippen molar-refractivity contribution in [2.75, 3.05) is 18.9 Å². The maximum Gasteiger partial charge on any atom is 0.234 e. The van der Waals surface area contributed by atoms with E-state index in [1.165, 1.54) is 0 Å². The van der Waals surface area contributed by atoms with Crippen molar-refractivity contribution >= 4 is 17.5 Å². The molecule has 1 aromatic rings. The third-order valence-electron chi connectivity index (χ3n) is 2.54. The van der Waals surface area contributed by atoms with Crippen LogP contribution in [-0.2, 0) is 16.1 Å². The van der Waals surface area contributed by atoms with Gasteiger partial charge in [-0.3, -0.25) is 9.59 Å². The molecule has 3 N–H and O–H groups in total. The predicted molar refractivity (Wildman–Crippen MR) is 75.8 cm³/mol. The van der Waals surface area contributed by atoms with Crippen LogP contribution in [0.4, 0.5) is 5.69 Å². The lowest BCUT2D eigenvalue weighted by atomic mass is 10.2. The molecule has 0 aliphatic rings. The minimum atomic E-state index is -0.0391. The molecule has 0 spiro atoms. The molecule has 0 radical (unpaired) electrons. The van der Waals surface area contributed by atoms with E-state index in [0.29, 0.717) is 19.5 Å². The summed E-state index contributed by atoms with van der Waals surface area (Å²) in [4.78, 5) is 22.7. The average molecular weight is 263 g/mol. The SMILES string of the molecule is CCCC(=O)Nc1ccc(CNC(=O)CNC)cc1. The first-order valence-electron chi connectivity index (χ1n) is 6.45. The van der Waals surface area contributed by atoms with Gasteiger partial charge in [-0.2, -0.15) is 0 Å². The lowest BCUT2D eigenvalue weighted by Crippen LogP contribution is -2.31. The third-order valence-corrected chi connectivity index (χ3v) is 2.54. The number of carbonyl (C=O) groups is 2. The lowest BCUT2D eigenvalue weighted by molar-refractivity contribution is -0.120. The molecule has 1 rings (SSSR count). The smallest absolute Gasteiger partial charge is 0.234 e. The summed E-state index contributed by atoms with van der Waals surface area (Å²) in [7, 11) is 1.73. The minimum absolute atomic E-state index is 0.0255. The van der Waals surface area contributed by atoms with E-state index in [0.717, 1.165) is 17.7 Å². The number of rotatable bonds is 7. The zero-order valence-corrected chi connectivity index (χ0v) is 11.5. The Morgan fingerprint density at radius 1 is 1.11 bits per heavy atom. The zero-order valence-electron chi connectivity index (χ0n) is 11.5. The van der Waals surface area contributed by atoms with Crippen LogP contribution < -0.4 is 16.0 Å². The highest BCUT2D eigenvalue weighted by atomic mass is 16.2. The van der Waals surface area contributed by atoms with E-state index in [1.807, 2.05) is 31.2 Å². The summed E-state index contributed by atoms with van der Waals surface area (Å²) in [6.07, 6.45) is 1.36. The van der Waals surface area contributed by atoms with E-state index in [1.54, 1.807) is 7.05 Å². The van der Waals surface area contributed by atoms with Crippen LogP contribution >= 0.6 is 0 Å². The van der Waals surface area contributed by atoms with E-state index in [-0.39, 0.29) is 11.8 Å². The molecule has 5 nitrogen and oxygen atoms in total. The highest BCUT2D eigenvalue weighted by Gasteiger charge is 2.02. The van der Waals surface area contributed by atoms with Crippen molar-refractivity contribution in [3.8, 4) is 0 Å². The molecule has 2 amide bonds. The fourth-order valence-electron chi connectivity index (χ4n) is 1.58. The Labute approximate surface area is 113 Å². The van der Waals surface area contributed by atoms with Crippen molar-refractivity contribution in [2.24, 2.45) is 0 Å². The second-order valence-electron chi connectivity index (χ2n) is 4.30. The molecule has 104 valence electrons. The van der Waals surface area contributed by atoms with Crippen molar-refractivity contribution in [2.45, 2.75) is 26.3 Å². The van der Waals surface area contributed by atoms with E-state index in [4.69, 9.17) is 0 Å². The number of carbonyl (C=O) groups excluding carboxylic acids is 2. The summed E-state index contributed by atoms with van der Waals surface area (Å²) in [5.41, 5.74) is 1.78. The fourth-order valence-corrected chi connectivity index (χ4v) is 1.58. The first-order chi connectivity index (χ1) is 9.15. The van der Waals surface area contributed by atoms with Crippen LogP contribution in [0.15, 0.2) is 24.3 Å². The molecule has 0 fully saturated rings. The molecule has 1 aromatic carbocycles. The summed E-state index contributed by atoms with van der Waals surface area (Å²) in [5, 5.41) is 8.40.